The summed E-state index contributed by atoms with van der Waals surface area (Å²) in [5.41, 5.74) is 0.622. The third-order valence-electron chi connectivity index (χ3n) is 2.06. The van der Waals surface area contributed by atoms with Crippen LogP contribution in [0.15, 0.2) is 36.4 Å². The van der Waals surface area contributed by atoms with E-state index in [1.54, 1.807) is 12.1 Å². The second-order valence-electron chi connectivity index (χ2n) is 3.27. The average molecular weight is 380 g/mol. The third kappa shape index (κ3) is 3.47. The van der Waals surface area contributed by atoms with Gasteiger partial charge < -0.3 is 4.74 Å². The zero-order chi connectivity index (χ0) is 12.3. The normalized spacial score (nSPS) is 10.3. The van der Waals surface area contributed by atoms with Crippen molar-refractivity contribution in [3.63, 3.8) is 0 Å². The Bertz CT molecular complexity index is 516. The van der Waals surface area contributed by atoms with Crippen molar-refractivity contribution < 1.29 is 4.74 Å². The van der Waals surface area contributed by atoms with Crippen molar-refractivity contribution in [1.82, 2.24) is 4.98 Å². The van der Waals surface area contributed by atoms with Crippen LogP contribution in [-0.4, -0.2) is 4.98 Å². The smallest absolute Gasteiger partial charge is 0.219 e. The molecule has 0 saturated heterocycles. The highest BCUT2D eigenvalue weighted by Crippen LogP contribution is 2.24. The lowest BCUT2D eigenvalue weighted by molar-refractivity contribution is 0.461. The molecule has 0 N–H and O–H groups in total. The van der Waals surface area contributed by atoms with E-state index in [0.29, 0.717) is 16.6 Å². The molecule has 2 aromatic rings. The van der Waals surface area contributed by atoms with Gasteiger partial charge in [-0.05, 0) is 52.9 Å². The monoisotopic (exact) mass is 379 g/mol. The average Bonchev–Trinajstić information content (AvgIpc) is 2.34. The molecule has 1 heterocycles. The Hall–Kier alpha value is -0.520. The largest absolute Gasteiger partial charge is 0.439 e. The van der Waals surface area contributed by atoms with E-state index < -0.39 is 0 Å². The topological polar surface area (TPSA) is 22.1 Å². The van der Waals surface area contributed by atoms with Crippen molar-refractivity contribution in [2.24, 2.45) is 0 Å². The van der Waals surface area contributed by atoms with Crippen molar-refractivity contribution in [1.29, 1.82) is 0 Å². The summed E-state index contributed by atoms with van der Waals surface area (Å²) in [5.74, 6) is 1.50. The van der Waals surface area contributed by atoms with Crippen molar-refractivity contribution >= 4 is 45.8 Å². The minimum Gasteiger partial charge on any atom is -0.439 e. The van der Waals surface area contributed by atoms with Crippen LogP contribution in [0.1, 0.15) is 5.69 Å². The molecule has 88 valence electrons. The minimum atomic E-state index is 0.267. The van der Waals surface area contributed by atoms with Crippen LogP contribution in [0.2, 0.25) is 5.02 Å². The molecule has 0 aliphatic heterocycles. The quantitative estimate of drug-likeness (QED) is 0.560. The lowest BCUT2D eigenvalue weighted by Crippen LogP contribution is -1.92. The molecule has 0 fully saturated rings. The molecule has 0 aliphatic rings. The number of halogens is 3. The van der Waals surface area contributed by atoms with Gasteiger partial charge in [-0.15, -0.1) is 11.6 Å². The first-order valence-corrected chi connectivity index (χ1v) is 6.83. The summed E-state index contributed by atoms with van der Waals surface area (Å²) >= 11 is 13.9. The van der Waals surface area contributed by atoms with E-state index in [2.05, 4.69) is 27.6 Å². The SMILES string of the molecule is ClCc1nc(Oc2ccc(I)cc2)ccc1Cl. The molecule has 2 nitrogen and oxygen atoms in total. The first-order chi connectivity index (χ1) is 8.19. The maximum absolute atomic E-state index is 5.92. The Balaban J connectivity index is 2.21. The van der Waals surface area contributed by atoms with Crippen LogP contribution in [0, 0.1) is 3.57 Å². The zero-order valence-corrected chi connectivity index (χ0v) is 12.3. The lowest BCUT2D eigenvalue weighted by Gasteiger charge is -2.06. The summed E-state index contributed by atoms with van der Waals surface area (Å²) in [4.78, 5) is 4.22. The molecule has 0 atom stereocenters. The summed E-state index contributed by atoms with van der Waals surface area (Å²) < 4.78 is 6.75. The van der Waals surface area contributed by atoms with Crippen molar-refractivity contribution in [3.8, 4) is 11.6 Å². The van der Waals surface area contributed by atoms with Crippen LogP contribution < -0.4 is 4.74 Å². The highest BCUT2D eigenvalue weighted by molar-refractivity contribution is 14.1. The molecule has 0 aliphatic carbocycles. The number of nitrogens with zero attached hydrogens (tertiary/aromatic N) is 1. The summed E-state index contributed by atoms with van der Waals surface area (Å²) in [7, 11) is 0. The summed E-state index contributed by atoms with van der Waals surface area (Å²) in [5, 5.41) is 0.551. The van der Waals surface area contributed by atoms with Crippen molar-refractivity contribution in [2.45, 2.75) is 5.88 Å². The Morgan fingerprint density at radius 2 is 1.82 bits per heavy atom. The molecule has 1 aromatic carbocycles. The first-order valence-electron chi connectivity index (χ1n) is 4.84. The number of benzene rings is 1. The van der Waals surface area contributed by atoms with Crippen LogP contribution in [-0.2, 0) is 5.88 Å². The molecule has 0 spiro atoms. The van der Waals surface area contributed by atoms with Crippen LogP contribution in [0.5, 0.6) is 11.6 Å². The molecule has 17 heavy (non-hydrogen) atoms. The summed E-state index contributed by atoms with van der Waals surface area (Å²) in [6.45, 7) is 0. The van der Waals surface area contributed by atoms with Gasteiger partial charge in [0, 0.05) is 9.64 Å². The van der Waals surface area contributed by atoms with Gasteiger partial charge >= 0.3 is 0 Å². The molecular weight excluding hydrogens is 372 g/mol. The minimum absolute atomic E-state index is 0.267. The number of hydrogen-bond donors (Lipinski definition) is 0. The second kappa shape index (κ2) is 5.89. The van der Waals surface area contributed by atoms with E-state index in [9.17, 15) is 0 Å². The Morgan fingerprint density at radius 3 is 2.47 bits per heavy atom. The number of hydrogen-bond acceptors (Lipinski definition) is 2. The molecule has 5 heteroatoms. The van der Waals surface area contributed by atoms with Gasteiger partial charge in [-0.1, -0.05) is 11.6 Å². The lowest BCUT2D eigenvalue weighted by atomic mass is 10.3. The molecule has 0 radical (unpaired) electrons. The van der Waals surface area contributed by atoms with Crippen molar-refractivity contribution in [2.75, 3.05) is 0 Å². The Labute approximate surface area is 123 Å². The fourth-order valence-electron chi connectivity index (χ4n) is 1.24. The molecule has 0 amide bonds. The second-order valence-corrected chi connectivity index (χ2v) is 5.19. The fourth-order valence-corrected chi connectivity index (χ4v) is 2.04. The highest BCUT2D eigenvalue weighted by Gasteiger charge is 2.04. The first kappa shape index (κ1) is 12.9. The van der Waals surface area contributed by atoms with E-state index >= 15 is 0 Å². The van der Waals surface area contributed by atoms with Crippen molar-refractivity contribution in [3.05, 3.63) is 50.7 Å². The standard InChI is InChI=1S/C12H8Cl2INO/c13-7-11-10(14)5-6-12(16-11)17-9-3-1-8(15)2-4-9/h1-6H,7H2. The van der Waals surface area contributed by atoms with E-state index in [1.165, 1.54) is 0 Å². The number of pyridine rings is 1. The number of aromatic nitrogens is 1. The number of rotatable bonds is 3. The molecule has 2 rings (SSSR count). The van der Waals surface area contributed by atoms with Gasteiger partial charge in [0.2, 0.25) is 5.88 Å². The Morgan fingerprint density at radius 1 is 1.12 bits per heavy atom. The van der Waals surface area contributed by atoms with E-state index in [1.807, 2.05) is 24.3 Å². The zero-order valence-electron chi connectivity index (χ0n) is 8.66. The molecule has 0 saturated carbocycles. The van der Waals surface area contributed by atoms with Gasteiger partial charge in [-0.3, -0.25) is 0 Å². The van der Waals surface area contributed by atoms with Gasteiger partial charge in [-0.2, -0.15) is 0 Å². The molecular formula is C12H8Cl2INO. The van der Waals surface area contributed by atoms with Crippen LogP contribution in [0.4, 0.5) is 0 Å². The van der Waals surface area contributed by atoms with E-state index in [0.717, 1.165) is 9.32 Å². The van der Waals surface area contributed by atoms with Gasteiger partial charge in [0.15, 0.2) is 0 Å². The van der Waals surface area contributed by atoms with Crippen LogP contribution >= 0.6 is 45.8 Å². The highest BCUT2D eigenvalue weighted by atomic mass is 127. The Kier molecular flexibility index (Phi) is 4.48. The van der Waals surface area contributed by atoms with Gasteiger partial charge in [0.05, 0.1) is 16.6 Å². The van der Waals surface area contributed by atoms with Crippen LogP contribution in [0.25, 0.3) is 0 Å². The molecule has 0 bridgehead atoms. The van der Waals surface area contributed by atoms with Gasteiger partial charge in [0.1, 0.15) is 5.75 Å². The fraction of sp³-hybridized carbons (Fsp3) is 0.0833. The molecule has 1 aromatic heterocycles. The predicted molar refractivity (Wildman–Crippen MR) is 78.0 cm³/mol. The number of alkyl halides is 1. The maximum atomic E-state index is 5.92. The summed E-state index contributed by atoms with van der Waals surface area (Å²) in [6, 6.07) is 11.2. The summed E-state index contributed by atoms with van der Waals surface area (Å²) in [6.07, 6.45) is 0. The van der Waals surface area contributed by atoms with E-state index in [4.69, 9.17) is 27.9 Å². The predicted octanol–water partition coefficient (Wildman–Crippen LogP) is 4.87. The van der Waals surface area contributed by atoms with E-state index in [-0.39, 0.29) is 5.88 Å². The van der Waals surface area contributed by atoms with Gasteiger partial charge in [-0.25, -0.2) is 4.98 Å². The van der Waals surface area contributed by atoms with Crippen LogP contribution in [0.3, 0.4) is 0 Å². The molecule has 0 unspecified atom stereocenters. The maximum Gasteiger partial charge on any atom is 0.219 e. The third-order valence-corrected chi connectivity index (χ3v) is 3.37. The number of ether oxygens (including phenoxy) is 1. The van der Waals surface area contributed by atoms with Gasteiger partial charge in [0.25, 0.3) is 0 Å².